The Morgan fingerprint density at radius 1 is 1.60 bits per heavy atom. The number of nitrogens with zero attached hydrogens (tertiary/aromatic N) is 1. The Balaban J connectivity index is 2.22. The summed E-state index contributed by atoms with van der Waals surface area (Å²) < 4.78 is 23.3. The molecule has 1 saturated heterocycles. The second-order valence-electron chi connectivity index (χ2n) is 3.71. The Bertz CT molecular complexity index is 439. The maximum atomic E-state index is 11.7. The molecule has 1 unspecified atom stereocenters. The predicted molar refractivity (Wildman–Crippen MR) is 60.6 cm³/mol. The van der Waals surface area contributed by atoms with Crippen LogP contribution in [0.15, 0.2) is 5.38 Å². The summed E-state index contributed by atoms with van der Waals surface area (Å²) in [6.45, 7) is 0.556. The second-order valence-corrected chi connectivity index (χ2v) is 6.91. The molecule has 2 N–H and O–H groups in total. The maximum Gasteiger partial charge on any atom is 0.159 e. The molecule has 1 atom stereocenters. The summed E-state index contributed by atoms with van der Waals surface area (Å²) in [6.07, 6.45) is 2.21. The first-order chi connectivity index (χ1) is 7.13. The lowest BCUT2D eigenvalue weighted by atomic mass is 10.2. The molecule has 0 saturated carbocycles. The zero-order chi connectivity index (χ0) is 10.9. The summed E-state index contributed by atoms with van der Waals surface area (Å²) in [4.78, 5) is 4.34. The first-order valence-electron chi connectivity index (χ1n) is 4.99. The Morgan fingerprint density at radius 2 is 2.40 bits per heavy atom. The van der Waals surface area contributed by atoms with Crippen LogP contribution >= 0.6 is 11.3 Å². The van der Waals surface area contributed by atoms with Gasteiger partial charge in [-0.25, -0.2) is 13.4 Å². The molecule has 4 nitrogen and oxygen atoms in total. The minimum Gasteiger partial charge on any atom is -0.330 e. The summed E-state index contributed by atoms with van der Waals surface area (Å²) in [7, 11) is -2.93. The van der Waals surface area contributed by atoms with Crippen LogP contribution in [0.3, 0.4) is 0 Å². The summed E-state index contributed by atoms with van der Waals surface area (Å²) in [5, 5.41) is 2.31. The second kappa shape index (κ2) is 4.19. The number of rotatable bonds is 3. The normalized spacial score (nSPS) is 24.5. The minimum atomic E-state index is -2.93. The third-order valence-corrected chi connectivity index (χ3v) is 5.91. The number of aromatic nitrogens is 1. The minimum absolute atomic E-state index is 0.309. The van der Waals surface area contributed by atoms with E-state index in [-0.39, 0.29) is 5.25 Å². The number of thiazole rings is 1. The molecule has 2 rings (SSSR count). The third kappa shape index (κ3) is 2.21. The highest BCUT2D eigenvalue weighted by atomic mass is 32.2. The van der Waals surface area contributed by atoms with Gasteiger partial charge in [-0.05, 0) is 19.4 Å². The fraction of sp³-hybridized carbons (Fsp3) is 0.667. The highest BCUT2D eigenvalue weighted by Gasteiger charge is 2.34. The first-order valence-corrected chi connectivity index (χ1v) is 7.59. The van der Waals surface area contributed by atoms with E-state index in [0.717, 1.165) is 30.0 Å². The number of nitrogens with two attached hydrogens (primary N) is 1. The molecule has 1 aliphatic heterocycles. The van der Waals surface area contributed by atoms with E-state index in [4.69, 9.17) is 5.73 Å². The first kappa shape index (κ1) is 11.0. The van der Waals surface area contributed by atoms with Gasteiger partial charge in [0.2, 0.25) is 0 Å². The average molecular weight is 246 g/mol. The molecule has 2 heterocycles. The quantitative estimate of drug-likeness (QED) is 0.859. The van der Waals surface area contributed by atoms with Gasteiger partial charge in [-0.2, -0.15) is 0 Å². The van der Waals surface area contributed by atoms with Gasteiger partial charge in [0, 0.05) is 11.8 Å². The smallest absolute Gasteiger partial charge is 0.159 e. The predicted octanol–water partition coefficient (Wildman–Crippen LogP) is 0.894. The zero-order valence-electron chi connectivity index (χ0n) is 8.35. The molecule has 84 valence electrons. The Labute approximate surface area is 93.4 Å². The summed E-state index contributed by atoms with van der Waals surface area (Å²) in [5.41, 5.74) is 6.34. The van der Waals surface area contributed by atoms with E-state index >= 15 is 0 Å². The fourth-order valence-electron chi connectivity index (χ4n) is 1.80. The molecule has 0 aliphatic carbocycles. The van der Waals surface area contributed by atoms with Crippen LogP contribution in [-0.2, 0) is 16.3 Å². The van der Waals surface area contributed by atoms with Crippen LogP contribution in [0.4, 0.5) is 0 Å². The van der Waals surface area contributed by atoms with Gasteiger partial charge >= 0.3 is 0 Å². The van der Waals surface area contributed by atoms with E-state index in [2.05, 4.69) is 4.98 Å². The van der Waals surface area contributed by atoms with Gasteiger partial charge in [0.1, 0.15) is 10.3 Å². The third-order valence-electron chi connectivity index (χ3n) is 2.57. The largest absolute Gasteiger partial charge is 0.330 e. The summed E-state index contributed by atoms with van der Waals surface area (Å²) in [6, 6.07) is 0. The fourth-order valence-corrected chi connectivity index (χ4v) is 5.01. The van der Waals surface area contributed by atoms with E-state index in [9.17, 15) is 8.42 Å². The lowest BCUT2D eigenvalue weighted by Gasteiger charge is -2.03. The molecule has 0 bridgehead atoms. The van der Waals surface area contributed by atoms with E-state index in [0.29, 0.717) is 12.3 Å². The Hall–Kier alpha value is -0.460. The van der Waals surface area contributed by atoms with Gasteiger partial charge < -0.3 is 5.73 Å². The number of hydrogen-bond acceptors (Lipinski definition) is 5. The van der Waals surface area contributed by atoms with Crippen molar-refractivity contribution in [3.05, 3.63) is 16.1 Å². The van der Waals surface area contributed by atoms with Gasteiger partial charge in [-0.3, -0.25) is 0 Å². The Kier molecular flexibility index (Phi) is 3.08. The van der Waals surface area contributed by atoms with Crippen LogP contribution in [0, 0.1) is 0 Å². The molecule has 1 aromatic rings. The van der Waals surface area contributed by atoms with Crippen LogP contribution in [0.2, 0.25) is 0 Å². The van der Waals surface area contributed by atoms with Crippen LogP contribution < -0.4 is 5.73 Å². The average Bonchev–Trinajstić information content (AvgIpc) is 2.72. The van der Waals surface area contributed by atoms with Crippen molar-refractivity contribution in [2.75, 3.05) is 12.3 Å². The highest BCUT2D eigenvalue weighted by molar-refractivity contribution is 7.92. The van der Waals surface area contributed by atoms with Crippen molar-refractivity contribution in [2.45, 2.75) is 24.5 Å². The van der Waals surface area contributed by atoms with Gasteiger partial charge in [0.05, 0.1) is 11.4 Å². The van der Waals surface area contributed by atoms with Gasteiger partial charge in [0.15, 0.2) is 9.84 Å². The molecular weight excluding hydrogens is 232 g/mol. The Morgan fingerprint density at radius 3 is 3.00 bits per heavy atom. The number of hydrogen-bond donors (Lipinski definition) is 1. The number of sulfone groups is 1. The van der Waals surface area contributed by atoms with Gasteiger partial charge in [-0.1, -0.05) is 0 Å². The molecule has 0 amide bonds. The van der Waals surface area contributed by atoms with Gasteiger partial charge in [0.25, 0.3) is 0 Å². The van der Waals surface area contributed by atoms with Crippen LogP contribution in [0.5, 0.6) is 0 Å². The lowest BCUT2D eigenvalue weighted by Crippen LogP contribution is -2.08. The molecule has 0 aromatic carbocycles. The molecule has 0 spiro atoms. The van der Waals surface area contributed by atoms with E-state index in [1.165, 1.54) is 11.3 Å². The van der Waals surface area contributed by atoms with Crippen LogP contribution in [0.25, 0.3) is 0 Å². The van der Waals surface area contributed by atoms with Gasteiger partial charge in [-0.15, -0.1) is 11.3 Å². The van der Waals surface area contributed by atoms with Crippen molar-refractivity contribution >= 4 is 21.2 Å². The summed E-state index contributed by atoms with van der Waals surface area (Å²) in [5.74, 6) is 0.309. The molecule has 1 aliphatic rings. The van der Waals surface area contributed by atoms with Crippen LogP contribution in [0.1, 0.15) is 28.8 Å². The molecule has 0 radical (unpaired) electrons. The van der Waals surface area contributed by atoms with E-state index in [1.807, 2.05) is 5.38 Å². The standard InChI is InChI=1S/C9H14N2O2S2/c10-4-3-7-6-14-9(11-7)8-2-1-5-15(8,12)13/h6,8H,1-5,10H2. The zero-order valence-corrected chi connectivity index (χ0v) is 9.98. The monoisotopic (exact) mass is 246 g/mol. The maximum absolute atomic E-state index is 11.7. The topological polar surface area (TPSA) is 73.1 Å². The van der Waals surface area contributed by atoms with Crippen molar-refractivity contribution in [1.82, 2.24) is 4.98 Å². The molecule has 1 aromatic heterocycles. The van der Waals surface area contributed by atoms with Crippen molar-refractivity contribution in [1.29, 1.82) is 0 Å². The van der Waals surface area contributed by atoms with E-state index < -0.39 is 9.84 Å². The van der Waals surface area contributed by atoms with Crippen molar-refractivity contribution < 1.29 is 8.42 Å². The lowest BCUT2D eigenvalue weighted by molar-refractivity contribution is 0.592. The van der Waals surface area contributed by atoms with Crippen molar-refractivity contribution in [3.63, 3.8) is 0 Å². The highest BCUT2D eigenvalue weighted by Crippen LogP contribution is 2.35. The molecular formula is C9H14N2O2S2. The molecule has 15 heavy (non-hydrogen) atoms. The van der Waals surface area contributed by atoms with Crippen molar-refractivity contribution in [3.8, 4) is 0 Å². The van der Waals surface area contributed by atoms with E-state index in [1.54, 1.807) is 0 Å². The molecule has 1 fully saturated rings. The van der Waals surface area contributed by atoms with Crippen molar-refractivity contribution in [2.24, 2.45) is 5.73 Å². The SMILES string of the molecule is NCCc1csc(C2CCCS2(=O)=O)n1. The molecule has 6 heteroatoms. The summed E-state index contributed by atoms with van der Waals surface area (Å²) >= 11 is 1.44. The van der Waals surface area contributed by atoms with Crippen LogP contribution in [-0.4, -0.2) is 25.7 Å².